The molecule has 10 heteroatoms. The highest BCUT2D eigenvalue weighted by Crippen LogP contribution is 2.23. The Morgan fingerprint density at radius 2 is 1.69 bits per heavy atom. The highest BCUT2D eigenvalue weighted by molar-refractivity contribution is 7.90. The van der Waals surface area contributed by atoms with Gasteiger partial charge in [0.25, 0.3) is 21.5 Å². The number of pyridine rings is 1. The number of rotatable bonds is 8. The number of fused-ring (bicyclic) bond motifs is 1. The van der Waals surface area contributed by atoms with Crippen molar-refractivity contribution in [1.82, 2.24) is 19.9 Å². The van der Waals surface area contributed by atoms with Crippen molar-refractivity contribution in [2.24, 2.45) is 13.0 Å². The molecule has 190 valence electrons. The Morgan fingerprint density at radius 1 is 1.00 bits per heavy atom. The molecular formula is C26H30N4O5S. The molecule has 1 aliphatic carbocycles. The lowest BCUT2D eigenvalue weighted by atomic mass is 10.1. The Labute approximate surface area is 210 Å². The molecule has 1 heterocycles. The molecule has 0 radical (unpaired) electrons. The maximum Gasteiger partial charge on any atom is 0.328 e. The van der Waals surface area contributed by atoms with E-state index in [-0.39, 0.29) is 22.6 Å². The average Bonchev–Trinajstić information content (AvgIpc) is 3.39. The highest BCUT2D eigenvalue weighted by atomic mass is 32.2. The van der Waals surface area contributed by atoms with Gasteiger partial charge in [0.15, 0.2) is 0 Å². The van der Waals surface area contributed by atoms with Crippen LogP contribution in [0.15, 0.2) is 64.3 Å². The van der Waals surface area contributed by atoms with Crippen LogP contribution in [0.2, 0.25) is 0 Å². The highest BCUT2D eigenvalue weighted by Gasteiger charge is 2.20. The van der Waals surface area contributed by atoms with Crippen molar-refractivity contribution in [3.63, 3.8) is 0 Å². The Bertz CT molecular complexity index is 1420. The first kappa shape index (κ1) is 25.4. The molecule has 0 bridgehead atoms. The summed E-state index contributed by atoms with van der Waals surface area (Å²) in [6.07, 6.45) is 4.82. The predicted octanol–water partition coefficient (Wildman–Crippen LogP) is 2.69. The number of benzene rings is 2. The summed E-state index contributed by atoms with van der Waals surface area (Å²) in [7, 11) is -2.36. The molecule has 0 spiro atoms. The van der Waals surface area contributed by atoms with Crippen LogP contribution in [0.1, 0.15) is 41.6 Å². The van der Waals surface area contributed by atoms with E-state index in [4.69, 9.17) is 0 Å². The fourth-order valence-corrected chi connectivity index (χ4v) is 5.43. The van der Waals surface area contributed by atoms with E-state index in [1.54, 1.807) is 25.2 Å². The minimum atomic E-state index is -3.99. The van der Waals surface area contributed by atoms with Crippen LogP contribution in [0.5, 0.6) is 0 Å². The van der Waals surface area contributed by atoms with Crippen LogP contribution in [0, 0.1) is 5.92 Å². The molecule has 1 aromatic heterocycles. The molecule has 2 aromatic carbocycles. The van der Waals surface area contributed by atoms with Crippen LogP contribution in [0.4, 0.5) is 4.79 Å². The lowest BCUT2D eigenvalue weighted by Gasteiger charge is -2.12. The topological polar surface area (TPSA) is 126 Å². The molecule has 0 aliphatic heterocycles. The smallest absolute Gasteiger partial charge is 0.328 e. The van der Waals surface area contributed by atoms with Crippen molar-refractivity contribution < 1.29 is 18.0 Å². The van der Waals surface area contributed by atoms with Gasteiger partial charge in [0, 0.05) is 20.1 Å². The summed E-state index contributed by atoms with van der Waals surface area (Å²) < 4.78 is 28.5. The van der Waals surface area contributed by atoms with Crippen molar-refractivity contribution in [3.8, 4) is 0 Å². The molecule has 3 aromatic rings. The maximum atomic E-state index is 12.6. The van der Waals surface area contributed by atoms with Crippen LogP contribution in [0.3, 0.4) is 0 Å². The average molecular weight is 511 g/mol. The first-order valence-corrected chi connectivity index (χ1v) is 13.5. The number of para-hydroxylation sites is 1. The molecule has 0 unspecified atom stereocenters. The van der Waals surface area contributed by atoms with Crippen molar-refractivity contribution >= 4 is 32.9 Å². The maximum absolute atomic E-state index is 12.6. The fraction of sp³-hybridized carbons (Fsp3) is 0.346. The van der Waals surface area contributed by atoms with Crippen molar-refractivity contribution in [2.75, 3.05) is 13.1 Å². The van der Waals surface area contributed by atoms with Gasteiger partial charge in [0.1, 0.15) is 5.56 Å². The lowest BCUT2D eigenvalue weighted by molar-refractivity contribution is 0.0952. The Hall–Kier alpha value is -3.66. The van der Waals surface area contributed by atoms with Gasteiger partial charge in [-0.2, -0.15) is 0 Å². The number of carbonyl (C=O) groups excluding carboxylic acids is 2. The van der Waals surface area contributed by atoms with Gasteiger partial charge in [-0.15, -0.1) is 0 Å². The van der Waals surface area contributed by atoms with Gasteiger partial charge >= 0.3 is 6.03 Å². The van der Waals surface area contributed by atoms with E-state index in [0.29, 0.717) is 18.9 Å². The number of aryl methyl sites for hydroxylation is 1. The standard InChI is InChI=1S/C26H30N4O5S/c1-30-23-9-5-4-8-20(23)16-22(25(30)32)24(31)27-15-14-18-10-12-21(13-11-18)36(34,35)29-26(33)28-17-19-6-2-3-7-19/h4-5,8-13,16,19H,2-3,6-7,14-15,17H2,1H3,(H,27,31)(H2,28,29,33). The first-order valence-electron chi connectivity index (χ1n) is 12.0. The van der Waals surface area contributed by atoms with E-state index in [9.17, 15) is 22.8 Å². The number of urea groups is 1. The van der Waals surface area contributed by atoms with Crippen LogP contribution in [-0.2, 0) is 23.5 Å². The summed E-state index contributed by atoms with van der Waals surface area (Å²) in [5.41, 5.74) is 1.23. The monoisotopic (exact) mass is 510 g/mol. The zero-order chi connectivity index (χ0) is 25.7. The molecule has 3 amide bonds. The summed E-state index contributed by atoms with van der Waals surface area (Å²) in [5, 5.41) is 6.18. The normalized spacial score (nSPS) is 14.0. The summed E-state index contributed by atoms with van der Waals surface area (Å²) >= 11 is 0. The zero-order valence-corrected chi connectivity index (χ0v) is 20.9. The Kier molecular flexibility index (Phi) is 7.73. The molecule has 0 atom stereocenters. The first-order chi connectivity index (χ1) is 17.2. The van der Waals surface area contributed by atoms with Gasteiger partial charge in [0.2, 0.25) is 0 Å². The second-order valence-electron chi connectivity index (χ2n) is 9.10. The molecule has 36 heavy (non-hydrogen) atoms. The number of nitrogens with zero attached hydrogens (tertiary/aromatic N) is 1. The Balaban J connectivity index is 1.31. The van der Waals surface area contributed by atoms with E-state index >= 15 is 0 Å². The van der Waals surface area contributed by atoms with E-state index < -0.39 is 22.0 Å². The summed E-state index contributed by atoms with van der Waals surface area (Å²) in [6.45, 7) is 0.736. The molecule has 1 fully saturated rings. The van der Waals surface area contributed by atoms with Crippen molar-refractivity contribution in [3.05, 3.63) is 76.1 Å². The van der Waals surface area contributed by atoms with Crippen molar-refractivity contribution in [2.45, 2.75) is 37.0 Å². The lowest BCUT2D eigenvalue weighted by Crippen LogP contribution is -2.41. The summed E-state index contributed by atoms with van der Waals surface area (Å²) in [4.78, 5) is 37.2. The SMILES string of the molecule is Cn1c(=O)c(C(=O)NCCc2ccc(S(=O)(=O)NC(=O)NCC3CCCC3)cc2)cc2ccccc21. The fourth-order valence-electron chi connectivity index (χ4n) is 4.50. The minimum Gasteiger partial charge on any atom is -0.352 e. The molecule has 4 rings (SSSR count). The van der Waals surface area contributed by atoms with Gasteiger partial charge in [-0.3, -0.25) is 9.59 Å². The zero-order valence-electron chi connectivity index (χ0n) is 20.1. The van der Waals surface area contributed by atoms with Crippen LogP contribution in [0.25, 0.3) is 10.9 Å². The van der Waals surface area contributed by atoms with E-state index in [1.165, 1.54) is 16.7 Å². The number of hydrogen-bond acceptors (Lipinski definition) is 5. The summed E-state index contributed by atoms with van der Waals surface area (Å²) in [5.74, 6) is -0.0594. The molecule has 1 saturated carbocycles. The van der Waals surface area contributed by atoms with Crippen molar-refractivity contribution in [1.29, 1.82) is 0 Å². The minimum absolute atomic E-state index is 0.0223. The molecule has 3 N–H and O–H groups in total. The molecule has 1 aliphatic rings. The summed E-state index contributed by atoms with van der Waals surface area (Å²) in [6, 6.07) is 14.3. The number of hydrogen-bond donors (Lipinski definition) is 3. The number of nitrogens with one attached hydrogen (secondary N) is 3. The number of carbonyl (C=O) groups is 2. The van der Waals surface area contributed by atoms with Gasteiger partial charge in [0.05, 0.1) is 10.4 Å². The number of sulfonamides is 1. The van der Waals surface area contributed by atoms with Crippen LogP contribution in [-0.4, -0.2) is 38.0 Å². The number of amides is 3. The molecular weight excluding hydrogens is 480 g/mol. The van der Waals surface area contributed by atoms with Gasteiger partial charge < -0.3 is 15.2 Å². The number of aromatic nitrogens is 1. The second-order valence-corrected chi connectivity index (χ2v) is 10.8. The molecule has 0 saturated heterocycles. The van der Waals surface area contributed by atoms with Gasteiger partial charge in [-0.25, -0.2) is 17.9 Å². The van der Waals surface area contributed by atoms with E-state index in [0.717, 1.165) is 42.1 Å². The van der Waals surface area contributed by atoms with E-state index in [1.807, 2.05) is 29.0 Å². The van der Waals surface area contributed by atoms with Crippen LogP contribution < -0.4 is 20.9 Å². The van der Waals surface area contributed by atoms with Crippen LogP contribution >= 0.6 is 0 Å². The third-order valence-electron chi connectivity index (χ3n) is 6.56. The predicted molar refractivity (Wildman–Crippen MR) is 137 cm³/mol. The van der Waals surface area contributed by atoms with Gasteiger partial charge in [-0.05, 0) is 60.4 Å². The molecule has 9 nitrogen and oxygen atoms in total. The second kappa shape index (κ2) is 10.9. The third-order valence-corrected chi connectivity index (χ3v) is 7.91. The largest absolute Gasteiger partial charge is 0.352 e. The Morgan fingerprint density at radius 3 is 2.42 bits per heavy atom. The third kappa shape index (κ3) is 5.93. The van der Waals surface area contributed by atoms with E-state index in [2.05, 4.69) is 10.6 Å². The van der Waals surface area contributed by atoms with Gasteiger partial charge in [-0.1, -0.05) is 43.2 Å². The quantitative estimate of drug-likeness (QED) is 0.430.